The van der Waals surface area contributed by atoms with Crippen LogP contribution < -0.4 is 5.32 Å². The van der Waals surface area contributed by atoms with Crippen LogP contribution in [-0.4, -0.2) is 46.3 Å². The van der Waals surface area contributed by atoms with Crippen molar-refractivity contribution >= 4 is 21.6 Å². The highest BCUT2D eigenvalue weighted by molar-refractivity contribution is 7.89. The van der Waals surface area contributed by atoms with Crippen LogP contribution in [-0.2, 0) is 22.7 Å². The number of amides is 1. The zero-order valence-corrected chi connectivity index (χ0v) is 19.4. The van der Waals surface area contributed by atoms with Crippen LogP contribution in [0.25, 0.3) is 5.65 Å². The fourth-order valence-electron chi connectivity index (χ4n) is 4.24. The Balaban J connectivity index is 1.51. The van der Waals surface area contributed by atoms with Gasteiger partial charge in [0.15, 0.2) is 11.5 Å². The highest BCUT2D eigenvalue weighted by atomic mass is 32.2. The summed E-state index contributed by atoms with van der Waals surface area (Å²) in [5.74, 6) is -0.00244. The Bertz CT molecular complexity index is 1310. The van der Waals surface area contributed by atoms with Gasteiger partial charge in [-0.3, -0.25) is 9.20 Å². The molecule has 0 radical (unpaired) electrons. The maximum absolute atomic E-state index is 13.1. The van der Waals surface area contributed by atoms with E-state index in [2.05, 4.69) is 15.5 Å². The lowest BCUT2D eigenvalue weighted by molar-refractivity contribution is -0.137. The van der Waals surface area contributed by atoms with Gasteiger partial charge in [-0.1, -0.05) is 19.9 Å². The van der Waals surface area contributed by atoms with E-state index in [1.807, 2.05) is 13.8 Å². The summed E-state index contributed by atoms with van der Waals surface area (Å²) in [5, 5.41) is 10.2. The van der Waals surface area contributed by atoms with E-state index in [-0.39, 0.29) is 40.3 Å². The fraction of sp³-hybridized carbons (Fsp3) is 0.409. The standard InChI is InChI=1S/C22H24F3N5O3S/c1-14-8-15(2)12-29(11-14)34(32,33)18-5-3-4-16(9-18)21(31)26-10-20-28-27-19-7-6-17(13-30(19)20)22(23,24)25/h3-7,9,13-15H,8,10-12H2,1-2H3,(H,26,31). The van der Waals surface area contributed by atoms with Crippen molar-refractivity contribution in [1.82, 2.24) is 24.2 Å². The molecule has 0 aliphatic carbocycles. The second kappa shape index (κ2) is 8.99. The van der Waals surface area contributed by atoms with Crippen LogP contribution in [0.4, 0.5) is 13.2 Å². The molecule has 2 atom stereocenters. The quantitative estimate of drug-likeness (QED) is 0.586. The molecule has 12 heteroatoms. The van der Waals surface area contributed by atoms with E-state index in [0.717, 1.165) is 23.1 Å². The maximum atomic E-state index is 13.1. The minimum absolute atomic E-state index is 0.0178. The highest BCUT2D eigenvalue weighted by Crippen LogP contribution is 2.29. The first-order valence-electron chi connectivity index (χ1n) is 10.7. The van der Waals surface area contributed by atoms with E-state index >= 15 is 0 Å². The van der Waals surface area contributed by atoms with Crippen LogP contribution in [0, 0.1) is 11.8 Å². The van der Waals surface area contributed by atoms with Crippen molar-refractivity contribution in [3.63, 3.8) is 0 Å². The average Bonchev–Trinajstić information content (AvgIpc) is 3.18. The molecule has 8 nitrogen and oxygen atoms in total. The van der Waals surface area contributed by atoms with E-state index in [9.17, 15) is 26.4 Å². The number of halogens is 3. The second-order valence-corrected chi connectivity index (χ2v) is 10.7. The summed E-state index contributed by atoms with van der Waals surface area (Å²) in [7, 11) is -3.77. The van der Waals surface area contributed by atoms with Crippen molar-refractivity contribution in [2.24, 2.45) is 11.8 Å². The Kier molecular flexibility index (Phi) is 6.38. The van der Waals surface area contributed by atoms with Crippen LogP contribution in [0.1, 0.15) is 42.0 Å². The molecule has 4 rings (SSSR count). The first-order chi connectivity index (χ1) is 15.9. The molecule has 182 valence electrons. The zero-order valence-electron chi connectivity index (χ0n) is 18.6. The van der Waals surface area contributed by atoms with Crippen LogP contribution in [0.5, 0.6) is 0 Å². The number of rotatable bonds is 5. The van der Waals surface area contributed by atoms with Gasteiger partial charge < -0.3 is 5.32 Å². The molecular weight excluding hydrogens is 471 g/mol. The number of hydrogen-bond acceptors (Lipinski definition) is 5. The minimum Gasteiger partial charge on any atom is -0.345 e. The Labute approximate surface area is 194 Å². The molecule has 3 heterocycles. The number of alkyl halides is 3. The summed E-state index contributed by atoms with van der Waals surface area (Å²) >= 11 is 0. The number of carbonyl (C=O) groups is 1. The Hall–Kier alpha value is -2.99. The van der Waals surface area contributed by atoms with E-state index in [0.29, 0.717) is 13.1 Å². The summed E-state index contributed by atoms with van der Waals surface area (Å²) < 4.78 is 68.0. The number of nitrogens with zero attached hydrogens (tertiary/aromatic N) is 4. The minimum atomic E-state index is -4.53. The molecule has 1 saturated heterocycles. The number of pyridine rings is 1. The maximum Gasteiger partial charge on any atom is 0.417 e. The molecule has 0 spiro atoms. The van der Waals surface area contributed by atoms with Gasteiger partial charge in [0.05, 0.1) is 17.0 Å². The first kappa shape index (κ1) is 24.1. The third kappa shape index (κ3) is 4.92. The van der Waals surface area contributed by atoms with Crippen molar-refractivity contribution < 1.29 is 26.4 Å². The van der Waals surface area contributed by atoms with Crippen molar-refractivity contribution in [3.05, 3.63) is 59.5 Å². The zero-order chi connectivity index (χ0) is 24.7. The molecule has 1 amide bonds. The molecule has 1 N–H and O–H groups in total. The van der Waals surface area contributed by atoms with Gasteiger partial charge in [-0.05, 0) is 48.6 Å². The Morgan fingerprint density at radius 1 is 1.12 bits per heavy atom. The van der Waals surface area contributed by atoms with Crippen LogP contribution in [0.15, 0.2) is 47.5 Å². The van der Waals surface area contributed by atoms with Gasteiger partial charge in [-0.15, -0.1) is 10.2 Å². The van der Waals surface area contributed by atoms with E-state index in [1.54, 1.807) is 0 Å². The van der Waals surface area contributed by atoms with Gasteiger partial charge in [0, 0.05) is 24.8 Å². The van der Waals surface area contributed by atoms with E-state index < -0.39 is 27.7 Å². The first-order valence-corrected chi connectivity index (χ1v) is 12.2. The van der Waals surface area contributed by atoms with Gasteiger partial charge in [0.2, 0.25) is 10.0 Å². The Morgan fingerprint density at radius 2 is 1.82 bits per heavy atom. The number of carbonyl (C=O) groups excluding carboxylic acids is 1. The van der Waals surface area contributed by atoms with Crippen molar-refractivity contribution in [2.75, 3.05) is 13.1 Å². The number of nitrogens with one attached hydrogen (secondary N) is 1. The summed E-state index contributed by atoms with van der Waals surface area (Å²) in [6, 6.07) is 7.80. The molecular formula is C22H24F3N5O3S. The monoisotopic (exact) mass is 495 g/mol. The molecule has 0 saturated carbocycles. The number of sulfonamides is 1. The summed E-state index contributed by atoms with van der Waals surface area (Å²) in [5.41, 5.74) is -0.550. The largest absolute Gasteiger partial charge is 0.417 e. The lowest BCUT2D eigenvalue weighted by Crippen LogP contribution is -2.42. The van der Waals surface area contributed by atoms with Crippen molar-refractivity contribution in [2.45, 2.75) is 37.9 Å². The number of aromatic nitrogens is 3. The number of fused-ring (bicyclic) bond motifs is 1. The van der Waals surface area contributed by atoms with Gasteiger partial charge in [-0.25, -0.2) is 8.42 Å². The molecule has 2 unspecified atom stereocenters. The molecule has 1 aromatic carbocycles. The molecule has 0 bridgehead atoms. The SMILES string of the molecule is CC1CC(C)CN(S(=O)(=O)c2cccc(C(=O)NCc3nnc4ccc(C(F)(F)F)cn34)c2)C1. The third-order valence-electron chi connectivity index (χ3n) is 5.78. The Morgan fingerprint density at radius 3 is 2.50 bits per heavy atom. The topological polar surface area (TPSA) is 96.7 Å². The van der Waals surface area contributed by atoms with Gasteiger partial charge in [0.25, 0.3) is 5.91 Å². The predicted octanol–water partition coefficient (Wildman–Crippen LogP) is 3.34. The van der Waals surface area contributed by atoms with Crippen molar-refractivity contribution in [1.29, 1.82) is 0 Å². The third-order valence-corrected chi connectivity index (χ3v) is 7.60. The van der Waals surface area contributed by atoms with Crippen molar-refractivity contribution in [3.8, 4) is 0 Å². The average molecular weight is 496 g/mol. The number of piperidine rings is 1. The molecule has 1 fully saturated rings. The number of hydrogen-bond donors (Lipinski definition) is 1. The second-order valence-electron chi connectivity index (χ2n) is 8.74. The summed E-state index contributed by atoms with van der Waals surface area (Å²) in [4.78, 5) is 12.7. The summed E-state index contributed by atoms with van der Waals surface area (Å²) in [6.07, 6.45) is -2.71. The fourth-order valence-corrected chi connectivity index (χ4v) is 5.96. The van der Waals surface area contributed by atoms with Crippen LogP contribution >= 0.6 is 0 Å². The van der Waals surface area contributed by atoms with Gasteiger partial charge in [-0.2, -0.15) is 17.5 Å². The smallest absolute Gasteiger partial charge is 0.345 e. The molecule has 1 aliphatic heterocycles. The van der Waals surface area contributed by atoms with Crippen LogP contribution in [0.2, 0.25) is 0 Å². The lowest BCUT2D eigenvalue weighted by atomic mass is 9.94. The van der Waals surface area contributed by atoms with E-state index in [1.165, 1.54) is 34.6 Å². The highest BCUT2D eigenvalue weighted by Gasteiger charge is 2.32. The predicted molar refractivity (Wildman–Crippen MR) is 117 cm³/mol. The van der Waals surface area contributed by atoms with Gasteiger partial charge >= 0.3 is 6.18 Å². The van der Waals surface area contributed by atoms with Gasteiger partial charge in [0.1, 0.15) is 0 Å². The molecule has 2 aromatic heterocycles. The normalized spacial score (nSPS) is 19.9. The summed E-state index contributed by atoms with van der Waals surface area (Å²) in [6.45, 7) is 4.66. The van der Waals surface area contributed by atoms with Crippen LogP contribution in [0.3, 0.4) is 0 Å². The number of benzene rings is 1. The van der Waals surface area contributed by atoms with E-state index in [4.69, 9.17) is 0 Å². The molecule has 34 heavy (non-hydrogen) atoms. The molecule has 3 aromatic rings. The lowest BCUT2D eigenvalue weighted by Gasteiger charge is -2.34. The molecule has 1 aliphatic rings.